The summed E-state index contributed by atoms with van der Waals surface area (Å²) in [6.07, 6.45) is 2.27. The van der Waals surface area contributed by atoms with Gasteiger partial charge in [-0.2, -0.15) is 13.2 Å². The van der Waals surface area contributed by atoms with Crippen LogP contribution in [0.4, 0.5) is 13.2 Å². The number of rotatable bonds is 4. The van der Waals surface area contributed by atoms with Crippen molar-refractivity contribution >= 4 is 5.91 Å². The van der Waals surface area contributed by atoms with Crippen LogP contribution >= 0.6 is 0 Å². The molecule has 2 aliphatic rings. The van der Waals surface area contributed by atoms with E-state index in [1.54, 1.807) is 0 Å². The number of halogens is 3. The van der Waals surface area contributed by atoms with Crippen LogP contribution in [0.2, 0.25) is 0 Å². The molecule has 2 heterocycles. The van der Waals surface area contributed by atoms with Gasteiger partial charge >= 0.3 is 6.18 Å². The number of nitrogens with zero attached hydrogens (tertiary/aromatic N) is 2. The third-order valence-corrected chi connectivity index (χ3v) is 5.97. The minimum atomic E-state index is -4.66. The summed E-state index contributed by atoms with van der Waals surface area (Å²) in [7, 11) is 0. The maximum Gasteiger partial charge on any atom is 0.434 e. The third kappa shape index (κ3) is 4.45. The van der Waals surface area contributed by atoms with Crippen LogP contribution in [0.3, 0.4) is 0 Å². The first-order valence-electron chi connectivity index (χ1n) is 10.1. The Morgan fingerprint density at radius 1 is 1.14 bits per heavy atom. The molecule has 0 saturated heterocycles. The van der Waals surface area contributed by atoms with Gasteiger partial charge in [-0.3, -0.25) is 14.7 Å². The van der Waals surface area contributed by atoms with Gasteiger partial charge in [0.05, 0.1) is 5.56 Å². The number of carbonyl (C=O) groups is 1. The highest BCUT2D eigenvalue weighted by Gasteiger charge is 2.36. The number of fused-ring (bicyclic) bond motifs is 1. The van der Waals surface area contributed by atoms with E-state index in [0.717, 1.165) is 49.8 Å². The normalized spacial score (nSPS) is 17.9. The van der Waals surface area contributed by atoms with E-state index in [0.29, 0.717) is 0 Å². The number of amides is 1. The number of carbonyl (C=O) groups excluding carboxylic acids is 1. The lowest BCUT2D eigenvalue weighted by molar-refractivity contribution is -0.141. The second-order valence-electron chi connectivity index (χ2n) is 7.80. The molecule has 0 spiro atoms. The van der Waals surface area contributed by atoms with E-state index in [4.69, 9.17) is 0 Å². The number of alkyl halides is 3. The van der Waals surface area contributed by atoms with Gasteiger partial charge in [0.2, 0.25) is 0 Å². The molecule has 0 bridgehead atoms. The maximum absolute atomic E-state index is 13.1. The summed E-state index contributed by atoms with van der Waals surface area (Å²) >= 11 is 0. The monoisotopic (exact) mass is 403 g/mol. The summed E-state index contributed by atoms with van der Waals surface area (Å²) in [6.45, 7) is 2.30. The Morgan fingerprint density at radius 3 is 2.59 bits per heavy atom. The molecule has 0 atom stereocenters. The fourth-order valence-electron chi connectivity index (χ4n) is 4.11. The van der Waals surface area contributed by atoms with E-state index in [9.17, 15) is 18.0 Å². The van der Waals surface area contributed by atoms with Crippen molar-refractivity contribution in [3.63, 3.8) is 0 Å². The van der Waals surface area contributed by atoms with Crippen LogP contribution in [0, 0.1) is 0 Å². The molecule has 2 aromatic rings. The van der Waals surface area contributed by atoms with Crippen molar-refractivity contribution < 1.29 is 18.0 Å². The van der Waals surface area contributed by atoms with E-state index in [2.05, 4.69) is 27.3 Å². The van der Waals surface area contributed by atoms with Gasteiger partial charge in [0.25, 0.3) is 5.91 Å². The van der Waals surface area contributed by atoms with Gasteiger partial charge in [0, 0.05) is 31.9 Å². The molecular formula is C22H24F3N3O. The quantitative estimate of drug-likeness (QED) is 0.840. The molecule has 0 unspecified atom stereocenters. The van der Waals surface area contributed by atoms with Crippen LogP contribution in [0.5, 0.6) is 0 Å². The van der Waals surface area contributed by atoms with Gasteiger partial charge in [0.1, 0.15) is 0 Å². The zero-order valence-corrected chi connectivity index (χ0v) is 16.1. The van der Waals surface area contributed by atoms with Crippen molar-refractivity contribution in [2.24, 2.45) is 0 Å². The molecule has 4 nitrogen and oxygen atoms in total. The summed E-state index contributed by atoms with van der Waals surface area (Å²) in [5, 5.41) is 2.61. The SMILES string of the molecule is O=C(NCc1ccc2c(c1)CCN(C1CCC1)CC2)c1cccnc1C(F)(F)F. The molecule has 1 aromatic carbocycles. The first-order valence-corrected chi connectivity index (χ1v) is 10.1. The molecule has 7 heteroatoms. The topological polar surface area (TPSA) is 45.2 Å². The minimum absolute atomic E-state index is 0.185. The Morgan fingerprint density at radius 2 is 1.90 bits per heavy atom. The van der Waals surface area contributed by atoms with E-state index in [1.807, 2.05) is 6.07 Å². The van der Waals surface area contributed by atoms with Crippen molar-refractivity contribution in [2.75, 3.05) is 13.1 Å². The fourth-order valence-corrected chi connectivity index (χ4v) is 4.11. The summed E-state index contributed by atoms with van der Waals surface area (Å²) in [4.78, 5) is 18.2. The Balaban J connectivity index is 1.41. The third-order valence-electron chi connectivity index (χ3n) is 5.97. The number of pyridine rings is 1. The average Bonchev–Trinajstić information content (AvgIpc) is 2.86. The fraction of sp³-hybridized carbons (Fsp3) is 0.455. The maximum atomic E-state index is 13.1. The molecular weight excluding hydrogens is 379 g/mol. The van der Waals surface area contributed by atoms with Gasteiger partial charge in [-0.1, -0.05) is 24.6 Å². The number of aromatic nitrogens is 1. The second-order valence-corrected chi connectivity index (χ2v) is 7.80. The lowest BCUT2D eigenvalue weighted by atomic mass is 9.91. The molecule has 1 aliphatic carbocycles. The van der Waals surface area contributed by atoms with Crippen LogP contribution in [-0.4, -0.2) is 34.9 Å². The molecule has 1 fully saturated rings. The van der Waals surface area contributed by atoms with E-state index < -0.39 is 23.3 Å². The first-order chi connectivity index (χ1) is 13.9. The largest absolute Gasteiger partial charge is 0.434 e. The highest BCUT2D eigenvalue weighted by molar-refractivity contribution is 5.95. The molecule has 1 amide bonds. The predicted octanol–water partition coefficient (Wildman–Crippen LogP) is 3.98. The summed E-state index contributed by atoms with van der Waals surface area (Å²) in [6, 6.07) is 9.33. The molecule has 4 rings (SSSR count). The number of hydrogen-bond donors (Lipinski definition) is 1. The number of hydrogen-bond acceptors (Lipinski definition) is 3. The van der Waals surface area contributed by atoms with Gasteiger partial charge in [-0.25, -0.2) is 0 Å². The van der Waals surface area contributed by atoms with Crippen LogP contribution in [0.15, 0.2) is 36.5 Å². The Kier molecular flexibility index (Phi) is 5.58. The lowest BCUT2D eigenvalue weighted by Gasteiger charge is -2.36. The molecule has 29 heavy (non-hydrogen) atoms. The number of nitrogens with one attached hydrogen (secondary N) is 1. The lowest BCUT2D eigenvalue weighted by Crippen LogP contribution is -2.41. The van der Waals surface area contributed by atoms with Crippen molar-refractivity contribution in [3.8, 4) is 0 Å². The van der Waals surface area contributed by atoms with Crippen molar-refractivity contribution in [1.29, 1.82) is 0 Å². The molecule has 154 valence electrons. The highest BCUT2D eigenvalue weighted by Crippen LogP contribution is 2.30. The molecule has 1 saturated carbocycles. The summed E-state index contributed by atoms with van der Waals surface area (Å²) in [5.41, 5.74) is 1.89. The average molecular weight is 403 g/mol. The standard InChI is InChI=1S/C22H24F3N3O/c23-22(24,25)20-19(5-2-10-26-20)21(29)27-14-15-6-7-16-8-11-28(18-3-1-4-18)12-9-17(16)13-15/h2,5-7,10,13,18H,1,3-4,8-9,11-12,14H2,(H,27,29). The molecule has 0 radical (unpaired) electrons. The minimum Gasteiger partial charge on any atom is -0.348 e. The Hall–Kier alpha value is -2.41. The second kappa shape index (κ2) is 8.14. The van der Waals surface area contributed by atoms with Crippen molar-refractivity contribution in [1.82, 2.24) is 15.2 Å². The zero-order valence-electron chi connectivity index (χ0n) is 16.1. The van der Waals surface area contributed by atoms with Crippen LogP contribution in [0.25, 0.3) is 0 Å². The van der Waals surface area contributed by atoms with Crippen LogP contribution in [-0.2, 0) is 25.6 Å². The molecule has 1 aromatic heterocycles. The van der Waals surface area contributed by atoms with Crippen LogP contribution in [0.1, 0.15) is 52.0 Å². The first kappa shape index (κ1) is 19.9. The van der Waals surface area contributed by atoms with Gasteiger partial charge in [0.15, 0.2) is 5.69 Å². The van der Waals surface area contributed by atoms with Gasteiger partial charge in [-0.15, -0.1) is 0 Å². The van der Waals surface area contributed by atoms with Crippen molar-refractivity contribution in [3.05, 3.63) is 64.5 Å². The van der Waals surface area contributed by atoms with E-state index in [1.165, 1.54) is 36.5 Å². The highest BCUT2D eigenvalue weighted by atomic mass is 19.4. The molecule has 1 N–H and O–H groups in total. The van der Waals surface area contributed by atoms with Crippen molar-refractivity contribution in [2.45, 2.75) is 50.9 Å². The number of benzene rings is 1. The van der Waals surface area contributed by atoms with E-state index in [-0.39, 0.29) is 6.54 Å². The Labute approximate surface area is 168 Å². The Bertz CT molecular complexity index is 893. The van der Waals surface area contributed by atoms with Gasteiger partial charge in [-0.05, 0) is 54.5 Å². The van der Waals surface area contributed by atoms with Crippen LogP contribution < -0.4 is 5.32 Å². The van der Waals surface area contributed by atoms with Gasteiger partial charge < -0.3 is 5.32 Å². The summed E-state index contributed by atoms with van der Waals surface area (Å²) < 4.78 is 39.2. The van der Waals surface area contributed by atoms with E-state index >= 15 is 0 Å². The predicted molar refractivity (Wildman–Crippen MR) is 103 cm³/mol. The molecule has 1 aliphatic heterocycles. The smallest absolute Gasteiger partial charge is 0.348 e. The zero-order chi connectivity index (χ0) is 20.4. The summed E-state index contributed by atoms with van der Waals surface area (Å²) in [5.74, 6) is -0.767.